The highest BCUT2D eigenvalue weighted by Crippen LogP contribution is 1.88. The molecule has 8 nitrogen and oxygen atoms in total. The van der Waals surface area contributed by atoms with Crippen LogP contribution in [0.5, 0.6) is 0 Å². The van der Waals surface area contributed by atoms with E-state index in [-0.39, 0.29) is 12.1 Å². The fourth-order valence-electron chi connectivity index (χ4n) is 1.31. The molecule has 10 heteroatoms. The lowest BCUT2D eigenvalue weighted by Gasteiger charge is -2.13. The number of hydrogen-bond donors (Lipinski definition) is 6. The Bertz CT molecular complexity index is 439. The second-order valence-corrected chi connectivity index (χ2v) is 5.90. The second-order valence-electron chi connectivity index (χ2n) is 5.08. The van der Waals surface area contributed by atoms with Gasteiger partial charge in [-0.2, -0.15) is 0 Å². The molecule has 0 aliphatic rings. The topological polar surface area (TPSA) is 107 Å². The monoisotopic (exact) mass is 378 g/mol. The highest BCUT2D eigenvalue weighted by atomic mass is 32.1. The smallest absolute Gasteiger partial charge is 0.282 e. The number of amides is 2. The molecule has 0 aromatic carbocycles. The molecule has 0 saturated heterocycles. The number of thiol groups is 2. The zero-order valence-electron chi connectivity index (χ0n) is 15.2. The molecule has 2 amide bonds. The SMILES string of the molecule is CC(C)/N=C(\NC(=O)S)NC(C)C.CC/N=C(/NCC)NC(=O)S. The van der Waals surface area contributed by atoms with Crippen molar-refractivity contribution in [3.8, 4) is 0 Å². The Kier molecular flexibility index (Phi) is 15.6. The van der Waals surface area contributed by atoms with Crippen LogP contribution in [0.4, 0.5) is 9.59 Å². The van der Waals surface area contributed by atoms with Gasteiger partial charge in [0.25, 0.3) is 10.5 Å². The summed E-state index contributed by atoms with van der Waals surface area (Å²) in [4.78, 5) is 29.2. The average Bonchev–Trinajstić information content (AvgIpc) is 2.36. The van der Waals surface area contributed by atoms with Crippen LogP contribution in [0.2, 0.25) is 0 Å². The molecule has 0 atom stereocenters. The Morgan fingerprint density at radius 3 is 1.79 bits per heavy atom. The van der Waals surface area contributed by atoms with Gasteiger partial charge in [0.15, 0.2) is 11.9 Å². The van der Waals surface area contributed by atoms with Crippen LogP contribution in [0.3, 0.4) is 0 Å². The van der Waals surface area contributed by atoms with Crippen molar-refractivity contribution >= 4 is 47.7 Å². The van der Waals surface area contributed by atoms with Gasteiger partial charge in [0, 0.05) is 25.2 Å². The van der Waals surface area contributed by atoms with Crippen molar-refractivity contribution in [3.05, 3.63) is 0 Å². The quantitative estimate of drug-likeness (QED) is 0.256. The minimum Gasteiger partial charge on any atom is -0.356 e. The van der Waals surface area contributed by atoms with E-state index in [2.05, 4.69) is 56.5 Å². The van der Waals surface area contributed by atoms with Gasteiger partial charge in [0.05, 0.1) is 0 Å². The third-order valence-electron chi connectivity index (χ3n) is 1.92. The lowest BCUT2D eigenvalue weighted by atomic mass is 10.4. The molecule has 0 rings (SSSR count). The maximum atomic E-state index is 10.6. The minimum absolute atomic E-state index is 0.140. The molecular weight excluding hydrogens is 348 g/mol. The number of nitrogens with zero attached hydrogens (tertiary/aromatic N) is 2. The third kappa shape index (κ3) is 18.6. The zero-order chi connectivity index (χ0) is 19.1. The van der Waals surface area contributed by atoms with Gasteiger partial charge in [-0.15, -0.1) is 0 Å². The van der Waals surface area contributed by atoms with E-state index in [0.29, 0.717) is 18.5 Å². The van der Waals surface area contributed by atoms with E-state index in [0.717, 1.165) is 6.54 Å². The second kappa shape index (κ2) is 15.1. The zero-order valence-corrected chi connectivity index (χ0v) is 17.0. The summed E-state index contributed by atoms with van der Waals surface area (Å²) in [6, 6.07) is 0.374. The summed E-state index contributed by atoms with van der Waals surface area (Å²) in [6.07, 6.45) is 0. The average molecular weight is 379 g/mol. The first-order valence-corrected chi connectivity index (χ1v) is 8.64. The van der Waals surface area contributed by atoms with Crippen LogP contribution in [0.15, 0.2) is 9.98 Å². The summed E-state index contributed by atoms with van der Waals surface area (Å²) in [5.74, 6) is 0.958. The molecule has 0 bridgehead atoms. The first-order chi connectivity index (χ1) is 11.1. The van der Waals surface area contributed by atoms with Crippen LogP contribution in [-0.4, -0.2) is 47.6 Å². The number of carbonyl (C=O) groups is 2. The molecular formula is C14H30N6O2S2. The molecule has 0 aromatic heterocycles. The first-order valence-electron chi connectivity index (χ1n) is 7.74. The van der Waals surface area contributed by atoms with Gasteiger partial charge in [0.2, 0.25) is 0 Å². The van der Waals surface area contributed by atoms with Crippen LogP contribution >= 0.6 is 25.3 Å². The molecule has 0 spiro atoms. The molecule has 0 heterocycles. The van der Waals surface area contributed by atoms with Crippen LogP contribution < -0.4 is 21.3 Å². The van der Waals surface area contributed by atoms with Crippen molar-refractivity contribution in [2.45, 2.75) is 53.6 Å². The first kappa shape index (κ1) is 24.8. The Balaban J connectivity index is 0. The van der Waals surface area contributed by atoms with Gasteiger partial charge in [-0.3, -0.25) is 30.2 Å². The summed E-state index contributed by atoms with van der Waals surface area (Å²) in [5.41, 5.74) is 0. The van der Waals surface area contributed by atoms with E-state index in [1.807, 2.05) is 41.5 Å². The van der Waals surface area contributed by atoms with Crippen molar-refractivity contribution in [2.75, 3.05) is 13.1 Å². The van der Waals surface area contributed by atoms with Gasteiger partial charge in [0.1, 0.15) is 0 Å². The van der Waals surface area contributed by atoms with Crippen LogP contribution in [0, 0.1) is 0 Å². The standard InChI is InChI=1S/C8H17N3OS.C6H13N3OS/c1-5(2)9-7(10-6(3)4)11-8(12)13;1-3-7-5(8-4-2)9-6(10)11/h5-6H,1-4H3,(H3,9,10,11,12,13);3-4H2,1-2H3,(H3,7,8,9,10,11). The predicted octanol–water partition coefficient (Wildman–Crippen LogP) is 2.00. The molecule has 0 aliphatic heterocycles. The van der Waals surface area contributed by atoms with Crippen molar-refractivity contribution in [1.29, 1.82) is 0 Å². The van der Waals surface area contributed by atoms with E-state index in [1.165, 1.54) is 0 Å². The Morgan fingerprint density at radius 2 is 1.46 bits per heavy atom. The Labute approximate surface area is 155 Å². The lowest BCUT2D eigenvalue weighted by Crippen LogP contribution is -2.42. The van der Waals surface area contributed by atoms with Crippen molar-refractivity contribution in [3.63, 3.8) is 0 Å². The normalized spacial score (nSPS) is 11.6. The van der Waals surface area contributed by atoms with Crippen LogP contribution in [0.25, 0.3) is 0 Å². The molecule has 4 N–H and O–H groups in total. The van der Waals surface area contributed by atoms with Gasteiger partial charge in [-0.1, -0.05) is 25.3 Å². The van der Waals surface area contributed by atoms with E-state index in [1.54, 1.807) is 0 Å². The van der Waals surface area contributed by atoms with Gasteiger partial charge < -0.3 is 10.6 Å². The largest absolute Gasteiger partial charge is 0.356 e. The van der Waals surface area contributed by atoms with Gasteiger partial charge in [-0.25, -0.2) is 0 Å². The number of rotatable bonds is 4. The molecule has 0 unspecified atom stereocenters. The minimum atomic E-state index is -0.410. The highest BCUT2D eigenvalue weighted by molar-refractivity contribution is 7.96. The molecule has 0 saturated carbocycles. The van der Waals surface area contributed by atoms with Gasteiger partial charge >= 0.3 is 0 Å². The van der Waals surface area contributed by atoms with E-state index >= 15 is 0 Å². The number of guanidine groups is 2. The van der Waals surface area contributed by atoms with Crippen LogP contribution in [-0.2, 0) is 0 Å². The fourth-order valence-corrected chi connectivity index (χ4v) is 1.52. The summed E-state index contributed by atoms with van der Waals surface area (Å²) in [7, 11) is 0. The molecule has 0 aromatic rings. The summed E-state index contributed by atoms with van der Waals surface area (Å²) in [5, 5.41) is 10.0. The van der Waals surface area contributed by atoms with E-state index in [9.17, 15) is 9.59 Å². The predicted molar refractivity (Wildman–Crippen MR) is 108 cm³/mol. The van der Waals surface area contributed by atoms with Crippen LogP contribution in [0.1, 0.15) is 41.5 Å². The highest BCUT2D eigenvalue weighted by Gasteiger charge is 2.04. The van der Waals surface area contributed by atoms with E-state index in [4.69, 9.17) is 0 Å². The summed E-state index contributed by atoms with van der Waals surface area (Å²) < 4.78 is 0. The number of carbonyl (C=O) groups excluding carboxylic acids is 2. The van der Waals surface area contributed by atoms with Crippen molar-refractivity contribution in [2.24, 2.45) is 9.98 Å². The molecule has 24 heavy (non-hydrogen) atoms. The maximum Gasteiger partial charge on any atom is 0.282 e. The number of hydrogen-bond acceptors (Lipinski definition) is 4. The molecule has 0 fully saturated rings. The number of nitrogens with one attached hydrogen (secondary N) is 4. The Morgan fingerprint density at radius 1 is 0.958 bits per heavy atom. The van der Waals surface area contributed by atoms with E-state index < -0.39 is 10.5 Å². The van der Waals surface area contributed by atoms with Crippen molar-refractivity contribution in [1.82, 2.24) is 21.3 Å². The maximum absolute atomic E-state index is 10.6. The molecule has 0 radical (unpaired) electrons. The third-order valence-corrected chi connectivity index (χ3v) is 2.15. The summed E-state index contributed by atoms with van der Waals surface area (Å²) in [6.45, 7) is 13.0. The summed E-state index contributed by atoms with van der Waals surface area (Å²) >= 11 is 7.16. The molecule has 140 valence electrons. The fraction of sp³-hybridized carbons (Fsp3) is 0.714. The number of aliphatic imine (C=N–C) groups is 2. The van der Waals surface area contributed by atoms with Gasteiger partial charge in [-0.05, 0) is 41.5 Å². The molecule has 0 aliphatic carbocycles. The lowest BCUT2D eigenvalue weighted by molar-refractivity contribution is 0.263. The van der Waals surface area contributed by atoms with Crippen molar-refractivity contribution < 1.29 is 9.59 Å². The Hall–Kier alpha value is -1.42.